The van der Waals surface area contributed by atoms with E-state index in [-0.39, 0.29) is 22.3 Å². The summed E-state index contributed by atoms with van der Waals surface area (Å²) in [6.07, 6.45) is 1.25. The van der Waals surface area contributed by atoms with Crippen LogP contribution in [0.5, 0.6) is 0 Å². The first-order valence-corrected chi connectivity index (χ1v) is 4.03. The summed E-state index contributed by atoms with van der Waals surface area (Å²) in [6.45, 7) is 6.57. The van der Waals surface area contributed by atoms with Crippen molar-refractivity contribution in [1.29, 1.82) is 0 Å². The van der Waals surface area contributed by atoms with Gasteiger partial charge in [-0.3, -0.25) is 0 Å². The number of ether oxygens (including phenoxy) is 2. The zero-order valence-corrected chi connectivity index (χ0v) is 8.54. The van der Waals surface area contributed by atoms with Gasteiger partial charge in [0.25, 0.3) is 0 Å². The molecule has 0 saturated heterocycles. The maximum absolute atomic E-state index is 7.12. The van der Waals surface area contributed by atoms with Gasteiger partial charge in [-0.05, 0) is 6.92 Å². The summed E-state index contributed by atoms with van der Waals surface area (Å²) in [5, 5.41) is 14.2. The van der Waals surface area contributed by atoms with E-state index in [1.165, 1.54) is 6.42 Å². The van der Waals surface area contributed by atoms with Gasteiger partial charge in [0.2, 0.25) is 0 Å². The zero-order valence-electron chi connectivity index (χ0n) is 8.54. The molecule has 0 radical (unpaired) electrons. The molecule has 102 valence electrons. The van der Waals surface area contributed by atoms with Gasteiger partial charge in [-0.25, -0.2) is 0 Å². The van der Waals surface area contributed by atoms with Crippen molar-refractivity contribution in [2.75, 3.05) is 27.3 Å². The average molecular weight is 230 g/mol. The highest BCUT2D eigenvalue weighted by Crippen LogP contribution is 1.68. The lowest BCUT2D eigenvalue weighted by Crippen LogP contribution is -1.93. The van der Waals surface area contributed by atoms with Crippen LogP contribution in [0.2, 0.25) is 0 Å². The first-order chi connectivity index (χ1) is 5.74. The van der Waals surface area contributed by atoms with Crippen LogP contribution < -0.4 is 0 Å². The Balaban J connectivity index is -0.0000000200. The second-order valence-electron chi connectivity index (χ2n) is 1.75. The normalized spacial score (nSPS) is 6.00. The molecule has 0 aromatic heterocycles. The first-order valence-electron chi connectivity index (χ1n) is 4.03. The highest BCUT2D eigenvalue weighted by atomic mass is 16.7. The monoisotopic (exact) mass is 230 g/mol. The summed E-state index contributed by atoms with van der Waals surface area (Å²) in [7, 11) is 1.61. The van der Waals surface area contributed by atoms with Crippen molar-refractivity contribution in [3.63, 3.8) is 0 Å². The summed E-state index contributed by atoms with van der Waals surface area (Å²) in [4.78, 5) is 0. The molecule has 0 rings (SSSR count). The van der Waals surface area contributed by atoms with Crippen LogP contribution in [-0.2, 0) is 9.47 Å². The van der Waals surface area contributed by atoms with E-state index in [1.54, 1.807) is 7.11 Å². The van der Waals surface area contributed by atoms with E-state index in [2.05, 4.69) is 18.6 Å². The van der Waals surface area contributed by atoms with Gasteiger partial charge in [0.1, 0.15) is 13.6 Å². The van der Waals surface area contributed by atoms with Gasteiger partial charge in [-0.15, -0.1) is 0 Å². The van der Waals surface area contributed by atoms with Gasteiger partial charge in [-0.2, -0.15) is 0 Å². The Labute approximate surface area is 97.2 Å². The highest BCUT2D eigenvalue weighted by Gasteiger charge is 1.71. The average Bonchev–Trinajstić information content (AvgIpc) is 2.04. The molecular formula is C11H34O4. The molecule has 2 N–H and O–H groups in total. The SMILES string of the molecule is C.C.C.CCC.CCOCOC.OCO. The first kappa shape index (κ1) is 36.4. The Morgan fingerprint density at radius 1 is 0.933 bits per heavy atom. The number of methoxy groups -OCH3 is 1. The van der Waals surface area contributed by atoms with Crippen molar-refractivity contribution in [1.82, 2.24) is 0 Å². The molecule has 0 aromatic rings. The number of hydrogen-bond acceptors (Lipinski definition) is 4. The van der Waals surface area contributed by atoms with Crippen LogP contribution in [0.15, 0.2) is 0 Å². The van der Waals surface area contributed by atoms with E-state index in [0.717, 1.165) is 6.61 Å². The van der Waals surface area contributed by atoms with Crippen LogP contribution in [0, 0.1) is 0 Å². The van der Waals surface area contributed by atoms with Gasteiger partial charge < -0.3 is 19.7 Å². The van der Waals surface area contributed by atoms with Crippen LogP contribution in [0.4, 0.5) is 0 Å². The lowest BCUT2D eigenvalue weighted by Gasteiger charge is -1.93. The predicted molar refractivity (Wildman–Crippen MR) is 69.0 cm³/mol. The Morgan fingerprint density at radius 3 is 1.27 bits per heavy atom. The molecular weight excluding hydrogens is 196 g/mol. The fraction of sp³-hybridized carbons (Fsp3) is 1.00. The summed E-state index contributed by atoms with van der Waals surface area (Å²) in [5.74, 6) is 0. The molecule has 0 atom stereocenters. The van der Waals surface area contributed by atoms with E-state index < -0.39 is 6.79 Å². The smallest absolute Gasteiger partial charge is 0.146 e. The minimum atomic E-state index is -0.750. The third-order valence-corrected chi connectivity index (χ3v) is 0.405. The molecule has 0 aliphatic carbocycles. The third-order valence-electron chi connectivity index (χ3n) is 0.405. The highest BCUT2D eigenvalue weighted by molar-refractivity contribution is 4.02. The van der Waals surface area contributed by atoms with Gasteiger partial charge >= 0.3 is 0 Å². The van der Waals surface area contributed by atoms with Crippen LogP contribution in [0.25, 0.3) is 0 Å². The Morgan fingerprint density at radius 2 is 1.20 bits per heavy atom. The maximum Gasteiger partial charge on any atom is 0.146 e. The Bertz CT molecular complexity index is 37.6. The van der Waals surface area contributed by atoms with E-state index in [0.29, 0.717) is 6.79 Å². The van der Waals surface area contributed by atoms with Gasteiger partial charge in [0, 0.05) is 13.7 Å². The molecule has 0 aliphatic rings. The number of aliphatic hydroxyl groups excluding tert-OH is 1. The molecule has 0 saturated carbocycles. The van der Waals surface area contributed by atoms with Crippen molar-refractivity contribution in [2.45, 2.75) is 49.5 Å². The van der Waals surface area contributed by atoms with E-state index in [1.807, 2.05) is 6.92 Å². The second kappa shape index (κ2) is 66.9. The molecule has 15 heavy (non-hydrogen) atoms. The molecule has 4 heteroatoms. The van der Waals surface area contributed by atoms with Crippen molar-refractivity contribution in [2.24, 2.45) is 0 Å². The van der Waals surface area contributed by atoms with Crippen molar-refractivity contribution in [3.05, 3.63) is 0 Å². The molecule has 0 aromatic carbocycles. The zero-order chi connectivity index (χ0) is 10.2. The molecule has 0 fully saturated rings. The lowest BCUT2D eigenvalue weighted by atomic mass is 10.6. The topological polar surface area (TPSA) is 58.9 Å². The largest absolute Gasteiger partial charge is 0.371 e. The fourth-order valence-corrected chi connectivity index (χ4v) is 0.167. The minimum absolute atomic E-state index is 0. The maximum atomic E-state index is 7.12. The van der Waals surface area contributed by atoms with E-state index in [4.69, 9.17) is 14.9 Å². The second-order valence-corrected chi connectivity index (χ2v) is 1.75. The number of aliphatic hydroxyl groups is 2. The van der Waals surface area contributed by atoms with Gasteiger partial charge in [0.15, 0.2) is 0 Å². The summed E-state index contributed by atoms with van der Waals surface area (Å²) >= 11 is 0. The molecule has 0 aliphatic heterocycles. The van der Waals surface area contributed by atoms with Gasteiger partial charge in [0.05, 0.1) is 0 Å². The van der Waals surface area contributed by atoms with Crippen LogP contribution in [0.3, 0.4) is 0 Å². The molecule has 0 heterocycles. The van der Waals surface area contributed by atoms with E-state index in [9.17, 15) is 0 Å². The predicted octanol–water partition coefficient (Wildman–Crippen LogP) is 2.88. The summed E-state index contributed by atoms with van der Waals surface area (Å²) in [5.41, 5.74) is 0. The van der Waals surface area contributed by atoms with Crippen molar-refractivity contribution >= 4 is 0 Å². The third kappa shape index (κ3) is 241. The summed E-state index contributed by atoms with van der Waals surface area (Å²) < 4.78 is 9.32. The van der Waals surface area contributed by atoms with Crippen LogP contribution in [-0.4, -0.2) is 37.5 Å². The summed E-state index contributed by atoms with van der Waals surface area (Å²) in [6, 6.07) is 0. The molecule has 0 bridgehead atoms. The molecule has 4 nitrogen and oxygen atoms in total. The van der Waals surface area contributed by atoms with Crippen molar-refractivity contribution in [3.8, 4) is 0 Å². The lowest BCUT2D eigenvalue weighted by molar-refractivity contribution is -0.0250. The number of hydrogen-bond donors (Lipinski definition) is 2. The van der Waals surface area contributed by atoms with Crippen LogP contribution >= 0.6 is 0 Å². The molecule has 0 spiro atoms. The Hall–Kier alpha value is -0.160. The molecule has 0 amide bonds. The van der Waals surface area contributed by atoms with Crippen LogP contribution in [0.1, 0.15) is 49.5 Å². The standard InChI is InChI=1S/C4H10O2.C3H8.CH4O2.3CH4/c1-3-6-4-5-2;1-3-2;2-1-3;;;/h3-4H2,1-2H3;3H2,1-2H3;2-3H,1H2;3*1H4. The Kier molecular flexibility index (Phi) is 162. The number of rotatable bonds is 3. The fourth-order valence-electron chi connectivity index (χ4n) is 0.167. The molecule has 0 unspecified atom stereocenters. The van der Waals surface area contributed by atoms with Gasteiger partial charge in [-0.1, -0.05) is 42.5 Å². The quantitative estimate of drug-likeness (QED) is 0.578. The minimum Gasteiger partial charge on any atom is -0.371 e. The van der Waals surface area contributed by atoms with E-state index >= 15 is 0 Å². The van der Waals surface area contributed by atoms with Crippen molar-refractivity contribution < 1.29 is 19.7 Å².